The molecule has 0 N–H and O–H groups in total. The Hall–Kier alpha value is -1.40. The predicted molar refractivity (Wildman–Crippen MR) is 60.4 cm³/mol. The number of halogens is 1. The third kappa shape index (κ3) is 2.59. The molecule has 86 valence electrons. The molecule has 0 aliphatic carbocycles. The van der Waals surface area contributed by atoms with Gasteiger partial charge in [0.2, 0.25) is 0 Å². The lowest BCUT2D eigenvalue weighted by atomic mass is 10.3. The van der Waals surface area contributed by atoms with Gasteiger partial charge in [-0.3, -0.25) is 10.1 Å². The van der Waals surface area contributed by atoms with Crippen molar-refractivity contribution in [3.05, 3.63) is 46.0 Å². The zero-order valence-electron chi connectivity index (χ0n) is 8.09. The molecule has 0 saturated heterocycles. The Morgan fingerprint density at radius 3 is 2.62 bits per heavy atom. The molecule has 16 heavy (non-hydrogen) atoms. The number of hydrogen-bond acceptors (Lipinski definition) is 4. The van der Waals surface area contributed by atoms with Crippen LogP contribution in [0.3, 0.4) is 0 Å². The Kier molecular flexibility index (Phi) is 3.66. The quantitative estimate of drug-likeness (QED) is 0.473. The standard InChI is InChI=1S/C9H8ClNO4S/c1-2-5-16(14,15)9-6-7(11(12)13)3-4-8(9)10/h2-4,6H,1,5H2. The van der Waals surface area contributed by atoms with Crippen molar-refractivity contribution in [2.75, 3.05) is 5.75 Å². The highest BCUT2D eigenvalue weighted by Crippen LogP contribution is 2.26. The fourth-order valence-corrected chi connectivity index (χ4v) is 2.71. The fraction of sp³-hybridized carbons (Fsp3) is 0.111. The molecule has 0 radical (unpaired) electrons. The topological polar surface area (TPSA) is 77.3 Å². The first-order chi connectivity index (χ1) is 7.38. The van der Waals surface area contributed by atoms with Crippen LogP contribution < -0.4 is 0 Å². The maximum atomic E-state index is 11.6. The van der Waals surface area contributed by atoms with Gasteiger partial charge in [-0.15, -0.1) is 6.58 Å². The van der Waals surface area contributed by atoms with Gasteiger partial charge < -0.3 is 0 Å². The Bertz CT molecular complexity index is 538. The number of sulfone groups is 1. The molecule has 0 bridgehead atoms. The molecule has 0 fully saturated rings. The Morgan fingerprint density at radius 1 is 1.50 bits per heavy atom. The molecule has 0 aliphatic heterocycles. The number of hydrogen-bond donors (Lipinski definition) is 0. The second-order valence-electron chi connectivity index (χ2n) is 2.94. The molecule has 0 atom stereocenters. The first-order valence-corrected chi connectivity index (χ1v) is 6.19. The van der Waals surface area contributed by atoms with Crippen LogP contribution in [0.5, 0.6) is 0 Å². The smallest absolute Gasteiger partial charge is 0.258 e. The molecule has 7 heteroatoms. The van der Waals surface area contributed by atoms with Gasteiger partial charge in [-0.05, 0) is 6.07 Å². The highest BCUT2D eigenvalue weighted by Gasteiger charge is 2.20. The average Bonchev–Trinajstić information content (AvgIpc) is 2.17. The second kappa shape index (κ2) is 4.63. The first kappa shape index (κ1) is 12.7. The Labute approximate surface area is 97.4 Å². The van der Waals surface area contributed by atoms with E-state index in [1.807, 2.05) is 0 Å². The third-order valence-corrected chi connectivity index (χ3v) is 3.92. The molecule has 1 rings (SSSR count). The maximum absolute atomic E-state index is 11.6. The summed E-state index contributed by atoms with van der Waals surface area (Å²) in [4.78, 5) is 9.57. The van der Waals surface area contributed by atoms with Crippen molar-refractivity contribution in [2.45, 2.75) is 4.90 Å². The van der Waals surface area contributed by atoms with Crippen molar-refractivity contribution in [3.8, 4) is 0 Å². The van der Waals surface area contributed by atoms with E-state index in [2.05, 4.69) is 6.58 Å². The molecule has 0 aliphatic rings. The van der Waals surface area contributed by atoms with E-state index in [1.54, 1.807) is 0 Å². The van der Waals surface area contributed by atoms with Crippen LogP contribution in [0.15, 0.2) is 35.7 Å². The van der Waals surface area contributed by atoms with Gasteiger partial charge >= 0.3 is 0 Å². The van der Waals surface area contributed by atoms with E-state index < -0.39 is 14.8 Å². The summed E-state index contributed by atoms with van der Waals surface area (Å²) in [6.45, 7) is 3.30. The van der Waals surface area contributed by atoms with Gasteiger partial charge in [0, 0.05) is 12.1 Å². The molecule has 1 aromatic rings. The summed E-state index contributed by atoms with van der Waals surface area (Å²) in [6, 6.07) is 3.28. The minimum Gasteiger partial charge on any atom is -0.258 e. The highest BCUT2D eigenvalue weighted by molar-refractivity contribution is 7.91. The summed E-state index contributed by atoms with van der Waals surface area (Å²) >= 11 is 5.69. The van der Waals surface area contributed by atoms with Crippen LogP contribution in [0.2, 0.25) is 5.02 Å². The van der Waals surface area contributed by atoms with E-state index in [-0.39, 0.29) is 21.4 Å². The molecule has 1 aromatic carbocycles. The summed E-state index contributed by atoms with van der Waals surface area (Å²) < 4.78 is 23.3. The lowest BCUT2D eigenvalue weighted by molar-refractivity contribution is -0.385. The van der Waals surface area contributed by atoms with Crippen LogP contribution in [0.1, 0.15) is 0 Å². The summed E-state index contributed by atoms with van der Waals surface area (Å²) in [5.74, 6) is -0.312. The number of rotatable bonds is 4. The third-order valence-electron chi connectivity index (χ3n) is 1.80. The van der Waals surface area contributed by atoms with Crippen LogP contribution in [0, 0.1) is 10.1 Å². The first-order valence-electron chi connectivity index (χ1n) is 4.16. The largest absolute Gasteiger partial charge is 0.270 e. The van der Waals surface area contributed by atoms with Gasteiger partial charge in [-0.25, -0.2) is 8.42 Å². The number of benzene rings is 1. The molecule has 0 amide bonds. The summed E-state index contributed by atoms with van der Waals surface area (Å²) in [5, 5.41) is 10.5. The average molecular weight is 262 g/mol. The van der Waals surface area contributed by atoms with Crippen LogP contribution >= 0.6 is 11.6 Å². The molecule has 0 spiro atoms. The number of nitro groups is 1. The number of nitrogens with zero attached hydrogens (tertiary/aromatic N) is 1. The van der Waals surface area contributed by atoms with Gasteiger partial charge in [-0.1, -0.05) is 17.7 Å². The zero-order chi connectivity index (χ0) is 12.3. The number of nitro benzene ring substituents is 1. The van der Waals surface area contributed by atoms with E-state index >= 15 is 0 Å². The molecule has 5 nitrogen and oxygen atoms in total. The van der Waals surface area contributed by atoms with Gasteiger partial charge in [0.05, 0.1) is 20.6 Å². The zero-order valence-corrected chi connectivity index (χ0v) is 9.66. The van der Waals surface area contributed by atoms with E-state index in [0.29, 0.717) is 0 Å². The molecule has 0 unspecified atom stereocenters. The lowest BCUT2D eigenvalue weighted by Gasteiger charge is -2.03. The van der Waals surface area contributed by atoms with Crippen LogP contribution in [-0.4, -0.2) is 19.1 Å². The lowest BCUT2D eigenvalue weighted by Crippen LogP contribution is -2.05. The van der Waals surface area contributed by atoms with Gasteiger partial charge in [0.15, 0.2) is 9.84 Å². The Balaban J connectivity index is 3.38. The molecule has 0 heterocycles. The maximum Gasteiger partial charge on any atom is 0.270 e. The van der Waals surface area contributed by atoms with Gasteiger partial charge in [0.1, 0.15) is 0 Å². The van der Waals surface area contributed by atoms with E-state index in [9.17, 15) is 18.5 Å². The van der Waals surface area contributed by atoms with Crippen LogP contribution in [-0.2, 0) is 9.84 Å². The van der Waals surface area contributed by atoms with E-state index in [1.165, 1.54) is 12.1 Å². The van der Waals surface area contributed by atoms with Crippen molar-refractivity contribution in [2.24, 2.45) is 0 Å². The van der Waals surface area contributed by atoms with Crippen molar-refractivity contribution in [3.63, 3.8) is 0 Å². The monoisotopic (exact) mass is 261 g/mol. The molecular weight excluding hydrogens is 254 g/mol. The van der Waals surface area contributed by atoms with Crippen molar-refractivity contribution in [1.29, 1.82) is 0 Å². The van der Waals surface area contributed by atoms with Crippen LogP contribution in [0.25, 0.3) is 0 Å². The van der Waals surface area contributed by atoms with Gasteiger partial charge in [0.25, 0.3) is 5.69 Å². The van der Waals surface area contributed by atoms with Crippen LogP contribution in [0.4, 0.5) is 5.69 Å². The summed E-state index contributed by atoms with van der Waals surface area (Å²) in [5.41, 5.74) is -0.313. The van der Waals surface area contributed by atoms with Gasteiger partial charge in [-0.2, -0.15) is 0 Å². The minimum atomic E-state index is -3.65. The second-order valence-corrected chi connectivity index (χ2v) is 5.35. The van der Waals surface area contributed by atoms with Crippen molar-refractivity contribution >= 4 is 27.1 Å². The van der Waals surface area contributed by atoms with E-state index in [4.69, 9.17) is 11.6 Å². The highest BCUT2D eigenvalue weighted by atomic mass is 35.5. The molecule has 0 aromatic heterocycles. The minimum absolute atomic E-state index is 0.0348. The number of non-ortho nitro benzene ring substituents is 1. The SMILES string of the molecule is C=CCS(=O)(=O)c1cc([N+](=O)[O-])ccc1Cl. The fourth-order valence-electron chi connectivity index (χ4n) is 1.09. The van der Waals surface area contributed by atoms with E-state index in [0.717, 1.165) is 12.1 Å². The molecular formula is C9H8ClNO4S. The predicted octanol–water partition coefficient (Wildman–Crippen LogP) is 2.21. The normalized spacial score (nSPS) is 11.1. The summed E-state index contributed by atoms with van der Waals surface area (Å²) in [7, 11) is -3.65. The van der Waals surface area contributed by atoms with Crippen molar-refractivity contribution < 1.29 is 13.3 Å². The molecule has 0 saturated carbocycles. The Morgan fingerprint density at radius 2 is 2.12 bits per heavy atom. The summed E-state index contributed by atoms with van der Waals surface area (Å²) in [6.07, 6.45) is 1.20. The van der Waals surface area contributed by atoms with Crippen molar-refractivity contribution in [1.82, 2.24) is 0 Å².